The van der Waals surface area contributed by atoms with Crippen molar-refractivity contribution in [1.29, 1.82) is 0 Å². The maximum absolute atomic E-state index is 14.6. The number of carbonyl (C=O) groups is 1. The molecule has 1 aliphatic carbocycles. The summed E-state index contributed by atoms with van der Waals surface area (Å²) in [6.45, 7) is 5.16. The molecular formula is C25H33ClF2N4O2. The van der Waals surface area contributed by atoms with Crippen molar-refractivity contribution in [2.24, 2.45) is 5.41 Å². The smallest absolute Gasteiger partial charge is 0.251 e. The number of aryl methyl sites for hydroxylation is 2. The highest BCUT2D eigenvalue weighted by Gasteiger charge is 2.64. The molecule has 1 aromatic heterocycles. The first-order chi connectivity index (χ1) is 15.8. The van der Waals surface area contributed by atoms with Crippen molar-refractivity contribution in [3.63, 3.8) is 0 Å². The van der Waals surface area contributed by atoms with Gasteiger partial charge in [0.25, 0.3) is 5.92 Å². The zero-order chi connectivity index (χ0) is 25.3. The summed E-state index contributed by atoms with van der Waals surface area (Å²) in [5.74, 6) is -3.63. The van der Waals surface area contributed by atoms with Crippen molar-refractivity contribution in [3.05, 3.63) is 52.1 Å². The number of amides is 1. The molecule has 2 atom stereocenters. The Morgan fingerprint density at radius 3 is 2.26 bits per heavy atom. The maximum atomic E-state index is 14.6. The molecule has 34 heavy (non-hydrogen) atoms. The van der Waals surface area contributed by atoms with Crippen LogP contribution in [-0.4, -0.2) is 58.5 Å². The lowest BCUT2D eigenvalue weighted by Crippen LogP contribution is -2.43. The number of carbonyl (C=O) groups excluding carboxylic acids is 1. The zero-order valence-electron chi connectivity index (χ0n) is 20.3. The van der Waals surface area contributed by atoms with E-state index in [1.54, 1.807) is 12.1 Å². The van der Waals surface area contributed by atoms with Gasteiger partial charge in [0.2, 0.25) is 5.91 Å². The first kappa shape index (κ1) is 26.3. The molecule has 1 fully saturated rings. The molecule has 1 amide bonds. The topological polar surface area (TPSA) is 78.3 Å². The van der Waals surface area contributed by atoms with Gasteiger partial charge in [-0.25, -0.2) is 18.7 Å². The Hall–Kier alpha value is -2.32. The van der Waals surface area contributed by atoms with Crippen LogP contribution in [0.1, 0.15) is 54.6 Å². The van der Waals surface area contributed by atoms with Crippen LogP contribution in [-0.2, 0) is 11.2 Å². The summed E-state index contributed by atoms with van der Waals surface area (Å²) in [5.41, 5.74) is 1.76. The average molecular weight is 495 g/mol. The molecule has 0 saturated heterocycles. The maximum Gasteiger partial charge on any atom is 0.251 e. The number of phenols is 1. The van der Waals surface area contributed by atoms with Gasteiger partial charge in [-0.2, -0.15) is 0 Å². The minimum Gasteiger partial charge on any atom is -0.508 e. The number of hydrogen-bond acceptors (Lipinski definition) is 5. The number of nitrogens with one attached hydrogen (secondary N) is 1. The SMILES string of the molecule is Cc1cc(O)cc(C)c1C[C@@H](CNC(=O)CC(c1ncc(Cl)cn1)C1(C(C)(F)F)CC1)N(C)C. The molecule has 2 aromatic rings. The van der Waals surface area contributed by atoms with Crippen LogP contribution in [0.3, 0.4) is 0 Å². The number of halogens is 3. The van der Waals surface area contributed by atoms with Crippen LogP contribution >= 0.6 is 11.6 Å². The Morgan fingerprint density at radius 2 is 1.79 bits per heavy atom. The minimum absolute atomic E-state index is 0.0152. The second-order valence-electron chi connectivity index (χ2n) is 9.74. The van der Waals surface area contributed by atoms with E-state index >= 15 is 0 Å². The van der Waals surface area contributed by atoms with Crippen LogP contribution in [0.25, 0.3) is 0 Å². The highest BCUT2D eigenvalue weighted by molar-refractivity contribution is 6.30. The summed E-state index contributed by atoms with van der Waals surface area (Å²) in [6, 6.07) is 3.44. The van der Waals surface area contributed by atoms with Gasteiger partial charge in [-0.05, 0) is 83.0 Å². The molecule has 0 bridgehead atoms. The summed E-state index contributed by atoms with van der Waals surface area (Å²) < 4.78 is 29.1. The summed E-state index contributed by atoms with van der Waals surface area (Å²) in [4.78, 5) is 23.3. The van der Waals surface area contributed by atoms with Gasteiger partial charge in [-0.15, -0.1) is 0 Å². The van der Waals surface area contributed by atoms with Crippen molar-refractivity contribution in [3.8, 4) is 5.75 Å². The second kappa shape index (κ2) is 10.1. The van der Waals surface area contributed by atoms with Crippen LogP contribution in [0, 0.1) is 19.3 Å². The second-order valence-corrected chi connectivity index (χ2v) is 10.2. The van der Waals surface area contributed by atoms with Gasteiger partial charge in [0.15, 0.2) is 0 Å². The number of aromatic nitrogens is 2. The predicted octanol–water partition coefficient (Wildman–Crippen LogP) is 4.65. The number of alkyl halides is 2. The minimum atomic E-state index is -2.96. The van der Waals surface area contributed by atoms with E-state index in [0.717, 1.165) is 23.6 Å². The van der Waals surface area contributed by atoms with Gasteiger partial charge in [-0.1, -0.05) is 11.6 Å². The van der Waals surface area contributed by atoms with E-state index in [2.05, 4.69) is 15.3 Å². The Kier molecular flexibility index (Phi) is 7.82. The molecule has 1 aliphatic rings. The third-order valence-corrected chi connectivity index (χ3v) is 7.25. The standard InChI is InChI=1S/C25H33ClF2N4O2/c1-15-8-19(33)9-16(2)20(15)10-18(32(4)5)14-29-22(34)11-21(23-30-12-17(26)13-31-23)25(6-7-25)24(3,27)28/h8-9,12-13,18,21,33H,6-7,10-11,14H2,1-5H3,(H,29,34)/t18-,21?/m0/s1. The summed E-state index contributed by atoms with van der Waals surface area (Å²) >= 11 is 5.88. The number of nitrogens with zero attached hydrogens (tertiary/aromatic N) is 3. The molecule has 2 N–H and O–H groups in total. The Labute approximate surface area is 204 Å². The van der Waals surface area contributed by atoms with Crippen LogP contribution in [0.4, 0.5) is 8.78 Å². The molecule has 0 radical (unpaired) electrons. The van der Waals surface area contributed by atoms with E-state index in [4.69, 9.17) is 11.6 Å². The van der Waals surface area contributed by atoms with Gasteiger partial charge in [0.1, 0.15) is 11.6 Å². The third kappa shape index (κ3) is 5.84. The lowest BCUT2D eigenvalue weighted by molar-refractivity contribution is -0.124. The fourth-order valence-corrected chi connectivity index (χ4v) is 4.82. The van der Waals surface area contributed by atoms with E-state index in [9.17, 15) is 18.7 Å². The molecule has 1 unspecified atom stereocenters. The largest absolute Gasteiger partial charge is 0.508 e. The lowest BCUT2D eigenvalue weighted by Gasteiger charge is -2.31. The van der Waals surface area contributed by atoms with Crippen LogP contribution in [0.15, 0.2) is 24.5 Å². The van der Waals surface area contributed by atoms with Crippen LogP contribution < -0.4 is 5.32 Å². The molecule has 9 heteroatoms. The molecule has 186 valence electrons. The highest BCUT2D eigenvalue weighted by atomic mass is 35.5. The molecule has 0 aliphatic heterocycles. The van der Waals surface area contributed by atoms with E-state index in [1.165, 1.54) is 12.4 Å². The lowest BCUT2D eigenvalue weighted by atomic mass is 9.80. The normalized spacial score (nSPS) is 16.9. The molecule has 1 saturated carbocycles. The van der Waals surface area contributed by atoms with Crippen LogP contribution in [0.5, 0.6) is 5.75 Å². The van der Waals surface area contributed by atoms with E-state index in [-0.39, 0.29) is 29.9 Å². The first-order valence-corrected chi connectivity index (χ1v) is 11.8. The fourth-order valence-electron chi connectivity index (χ4n) is 4.72. The van der Waals surface area contributed by atoms with Crippen molar-refractivity contribution in [2.75, 3.05) is 20.6 Å². The Bertz CT molecular complexity index is 998. The fraction of sp³-hybridized carbons (Fsp3) is 0.560. The first-order valence-electron chi connectivity index (χ1n) is 11.4. The quantitative estimate of drug-likeness (QED) is 0.502. The van der Waals surface area contributed by atoms with Gasteiger partial charge in [0, 0.05) is 42.7 Å². The van der Waals surface area contributed by atoms with Crippen molar-refractivity contribution < 1.29 is 18.7 Å². The number of aromatic hydroxyl groups is 1. The van der Waals surface area contributed by atoms with Gasteiger partial charge >= 0.3 is 0 Å². The predicted molar refractivity (Wildman–Crippen MR) is 128 cm³/mol. The molecular weight excluding hydrogens is 462 g/mol. The van der Waals surface area contributed by atoms with Crippen molar-refractivity contribution in [1.82, 2.24) is 20.2 Å². The summed E-state index contributed by atoms with van der Waals surface area (Å²) in [7, 11) is 3.87. The molecule has 1 aromatic carbocycles. The number of rotatable bonds is 10. The molecule has 6 nitrogen and oxygen atoms in total. The highest BCUT2D eigenvalue weighted by Crippen LogP contribution is 2.65. The average Bonchev–Trinajstić information content (AvgIpc) is 3.53. The number of hydrogen-bond donors (Lipinski definition) is 2. The monoisotopic (exact) mass is 494 g/mol. The van der Waals surface area contributed by atoms with Crippen LogP contribution in [0.2, 0.25) is 5.02 Å². The van der Waals surface area contributed by atoms with Gasteiger partial charge in [0.05, 0.1) is 5.02 Å². The summed E-state index contributed by atoms with van der Waals surface area (Å²) in [6.07, 6.45) is 3.95. The number of benzene rings is 1. The number of likely N-dealkylation sites (N-methyl/N-ethyl adjacent to an activating group) is 1. The Balaban J connectivity index is 1.73. The summed E-state index contributed by atoms with van der Waals surface area (Å²) in [5, 5.41) is 13.1. The van der Waals surface area contributed by atoms with E-state index in [0.29, 0.717) is 30.8 Å². The van der Waals surface area contributed by atoms with E-state index < -0.39 is 17.3 Å². The van der Waals surface area contributed by atoms with Crippen molar-refractivity contribution in [2.45, 2.75) is 64.3 Å². The molecule has 0 spiro atoms. The number of phenolic OH excluding ortho intramolecular Hbond substituents is 1. The molecule has 3 rings (SSSR count). The Morgan fingerprint density at radius 1 is 1.24 bits per heavy atom. The van der Waals surface area contributed by atoms with Gasteiger partial charge < -0.3 is 15.3 Å². The van der Waals surface area contributed by atoms with Crippen molar-refractivity contribution >= 4 is 17.5 Å². The molecule has 1 heterocycles. The van der Waals surface area contributed by atoms with Gasteiger partial charge in [-0.3, -0.25) is 4.79 Å². The third-order valence-electron chi connectivity index (χ3n) is 7.06. The zero-order valence-corrected chi connectivity index (χ0v) is 21.1. The van der Waals surface area contributed by atoms with E-state index in [1.807, 2.05) is 32.8 Å².